The Bertz CT molecular complexity index is 528. The maximum absolute atomic E-state index is 4.86. The fourth-order valence-corrected chi connectivity index (χ4v) is 3.28. The molecule has 1 N–H and O–H groups in total. The van der Waals surface area contributed by atoms with Crippen LogP contribution in [-0.2, 0) is 19.4 Å². The van der Waals surface area contributed by atoms with Gasteiger partial charge in [0.1, 0.15) is 5.01 Å². The van der Waals surface area contributed by atoms with Crippen molar-refractivity contribution in [3.05, 3.63) is 40.4 Å². The second-order valence-corrected chi connectivity index (χ2v) is 6.05. The number of benzene rings is 1. The molecule has 1 heterocycles. The van der Waals surface area contributed by atoms with E-state index in [1.807, 2.05) is 11.3 Å². The van der Waals surface area contributed by atoms with Crippen molar-refractivity contribution >= 4 is 11.3 Å². The van der Waals surface area contributed by atoms with Crippen molar-refractivity contribution in [1.29, 1.82) is 0 Å². The van der Waals surface area contributed by atoms with E-state index in [1.165, 1.54) is 21.7 Å². The fourth-order valence-electron chi connectivity index (χ4n) is 2.20. The van der Waals surface area contributed by atoms with E-state index in [4.69, 9.17) is 4.98 Å². The van der Waals surface area contributed by atoms with Gasteiger partial charge in [0.25, 0.3) is 0 Å². The summed E-state index contributed by atoms with van der Waals surface area (Å²) in [4.78, 5) is 6.25. The molecule has 0 radical (unpaired) electrons. The zero-order valence-electron chi connectivity index (χ0n) is 12.7. The van der Waals surface area contributed by atoms with Crippen LogP contribution in [0.3, 0.4) is 0 Å². The van der Waals surface area contributed by atoms with Crippen molar-refractivity contribution in [2.24, 2.45) is 0 Å². The SMILES string of the molecule is CCCc1nc(-c2ccc(CC)cc2)sc1CNCC. The molecule has 3 heteroatoms. The minimum atomic E-state index is 0.941. The molecule has 20 heavy (non-hydrogen) atoms. The van der Waals surface area contributed by atoms with Crippen molar-refractivity contribution in [2.75, 3.05) is 6.54 Å². The highest BCUT2D eigenvalue weighted by Gasteiger charge is 2.11. The van der Waals surface area contributed by atoms with Crippen LogP contribution in [0.15, 0.2) is 24.3 Å². The van der Waals surface area contributed by atoms with Gasteiger partial charge in [-0.2, -0.15) is 0 Å². The maximum Gasteiger partial charge on any atom is 0.123 e. The number of hydrogen-bond donors (Lipinski definition) is 1. The Morgan fingerprint density at radius 3 is 2.45 bits per heavy atom. The molecule has 0 amide bonds. The van der Waals surface area contributed by atoms with Gasteiger partial charge in [-0.25, -0.2) is 4.98 Å². The third-order valence-corrected chi connectivity index (χ3v) is 4.56. The third-order valence-electron chi connectivity index (χ3n) is 3.41. The number of hydrogen-bond acceptors (Lipinski definition) is 3. The van der Waals surface area contributed by atoms with Crippen molar-refractivity contribution in [2.45, 2.75) is 46.6 Å². The van der Waals surface area contributed by atoms with E-state index < -0.39 is 0 Å². The van der Waals surface area contributed by atoms with E-state index in [0.29, 0.717) is 0 Å². The molecule has 0 saturated carbocycles. The van der Waals surface area contributed by atoms with Crippen LogP contribution in [0.4, 0.5) is 0 Å². The second-order valence-electron chi connectivity index (χ2n) is 4.97. The summed E-state index contributed by atoms with van der Waals surface area (Å²) in [6.45, 7) is 8.49. The molecular weight excluding hydrogens is 264 g/mol. The minimum Gasteiger partial charge on any atom is -0.312 e. The lowest BCUT2D eigenvalue weighted by atomic mass is 10.1. The molecule has 0 spiro atoms. The van der Waals surface area contributed by atoms with Gasteiger partial charge in [-0.1, -0.05) is 51.5 Å². The molecule has 0 atom stereocenters. The average molecular weight is 288 g/mol. The highest BCUT2D eigenvalue weighted by molar-refractivity contribution is 7.15. The first-order valence-electron chi connectivity index (χ1n) is 7.57. The molecule has 2 aromatic rings. The second kappa shape index (κ2) is 7.55. The van der Waals surface area contributed by atoms with E-state index in [0.717, 1.165) is 37.4 Å². The van der Waals surface area contributed by atoms with E-state index in [-0.39, 0.29) is 0 Å². The van der Waals surface area contributed by atoms with Crippen LogP contribution in [0.2, 0.25) is 0 Å². The van der Waals surface area contributed by atoms with E-state index in [2.05, 4.69) is 50.4 Å². The maximum atomic E-state index is 4.86. The highest BCUT2D eigenvalue weighted by Crippen LogP contribution is 2.29. The number of aromatic nitrogens is 1. The number of thiazole rings is 1. The first kappa shape index (κ1) is 15.2. The summed E-state index contributed by atoms with van der Waals surface area (Å²) in [6.07, 6.45) is 3.31. The third kappa shape index (κ3) is 3.68. The van der Waals surface area contributed by atoms with Gasteiger partial charge >= 0.3 is 0 Å². The van der Waals surface area contributed by atoms with Gasteiger partial charge in [-0.3, -0.25) is 0 Å². The smallest absolute Gasteiger partial charge is 0.123 e. The fraction of sp³-hybridized carbons (Fsp3) is 0.471. The summed E-state index contributed by atoms with van der Waals surface area (Å²) in [5.41, 5.74) is 3.90. The largest absolute Gasteiger partial charge is 0.312 e. The monoisotopic (exact) mass is 288 g/mol. The predicted octanol–water partition coefficient (Wildman–Crippen LogP) is 4.43. The summed E-state index contributed by atoms with van der Waals surface area (Å²) in [6, 6.07) is 8.81. The van der Waals surface area contributed by atoms with Crippen LogP contribution in [0.5, 0.6) is 0 Å². The minimum absolute atomic E-state index is 0.941. The standard InChI is InChI=1S/C17H24N2S/c1-4-7-15-16(12-18-6-3)20-17(19-15)14-10-8-13(5-2)9-11-14/h8-11,18H,4-7,12H2,1-3H3. The Labute approximate surface area is 126 Å². The Kier molecular flexibility index (Phi) is 5.74. The van der Waals surface area contributed by atoms with Crippen molar-refractivity contribution in [1.82, 2.24) is 10.3 Å². The molecule has 2 nitrogen and oxygen atoms in total. The van der Waals surface area contributed by atoms with Crippen LogP contribution in [0.1, 0.15) is 43.3 Å². The zero-order chi connectivity index (χ0) is 14.4. The van der Waals surface area contributed by atoms with Crippen LogP contribution >= 0.6 is 11.3 Å². The highest BCUT2D eigenvalue weighted by atomic mass is 32.1. The molecule has 2 rings (SSSR count). The summed E-state index contributed by atoms with van der Waals surface area (Å²) in [5, 5.41) is 4.57. The molecule has 1 aromatic heterocycles. The summed E-state index contributed by atoms with van der Waals surface area (Å²) >= 11 is 1.83. The predicted molar refractivity (Wildman–Crippen MR) is 88.3 cm³/mol. The van der Waals surface area contributed by atoms with Gasteiger partial charge in [0.2, 0.25) is 0 Å². The van der Waals surface area contributed by atoms with Gasteiger partial charge in [0, 0.05) is 17.0 Å². The molecule has 108 valence electrons. The molecule has 0 bridgehead atoms. The van der Waals surface area contributed by atoms with E-state index in [9.17, 15) is 0 Å². The van der Waals surface area contributed by atoms with E-state index >= 15 is 0 Å². The molecule has 0 fully saturated rings. The summed E-state index contributed by atoms with van der Waals surface area (Å²) in [5.74, 6) is 0. The Morgan fingerprint density at radius 2 is 1.85 bits per heavy atom. The van der Waals surface area contributed by atoms with Crippen LogP contribution in [-0.4, -0.2) is 11.5 Å². The Morgan fingerprint density at radius 1 is 1.10 bits per heavy atom. The quantitative estimate of drug-likeness (QED) is 0.815. The topological polar surface area (TPSA) is 24.9 Å². The average Bonchev–Trinajstić information content (AvgIpc) is 2.89. The summed E-state index contributed by atoms with van der Waals surface area (Å²) in [7, 11) is 0. The van der Waals surface area contributed by atoms with Gasteiger partial charge < -0.3 is 5.32 Å². The van der Waals surface area contributed by atoms with Crippen LogP contribution < -0.4 is 5.32 Å². The molecular formula is C17H24N2S. The molecule has 0 saturated heterocycles. The van der Waals surface area contributed by atoms with E-state index in [1.54, 1.807) is 0 Å². The molecule has 0 aliphatic carbocycles. The first-order chi connectivity index (χ1) is 9.78. The van der Waals surface area contributed by atoms with Crippen LogP contribution in [0, 0.1) is 0 Å². The lowest BCUT2D eigenvalue weighted by Crippen LogP contribution is -2.11. The first-order valence-corrected chi connectivity index (χ1v) is 8.38. The lowest BCUT2D eigenvalue weighted by molar-refractivity contribution is 0.723. The van der Waals surface area contributed by atoms with Crippen molar-refractivity contribution < 1.29 is 0 Å². The van der Waals surface area contributed by atoms with Crippen LogP contribution in [0.25, 0.3) is 10.6 Å². The lowest BCUT2D eigenvalue weighted by Gasteiger charge is -2.00. The molecule has 0 aliphatic rings. The normalized spacial score (nSPS) is 10.9. The number of aryl methyl sites for hydroxylation is 2. The zero-order valence-corrected chi connectivity index (χ0v) is 13.5. The van der Waals surface area contributed by atoms with Gasteiger partial charge in [0.15, 0.2) is 0 Å². The summed E-state index contributed by atoms with van der Waals surface area (Å²) < 4.78 is 0. The van der Waals surface area contributed by atoms with Gasteiger partial charge in [-0.15, -0.1) is 11.3 Å². The number of rotatable bonds is 7. The van der Waals surface area contributed by atoms with Crippen molar-refractivity contribution in [3.8, 4) is 10.6 Å². The molecule has 1 aromatic carbocycles. The number of nitrogens with zero attached hydrogens (tertiary/aromatic N) is 1. The Hall–Kier alpha value is -1.19. The molecule has 0 unspecified atom stereocenters. The Balaban J connectivity index is 2.25. The number of nitrogens with one attached hydrogen (secondary N) is 1. The van der Waals surface area contributed by atoms with Crippen molar-refractivity contribution in [3.63, 3.8) is 0 Å². The molecule has 0 aliphatic heterocycles. The van der Waals surface area contributed by atoms with Gasteiger partial charge in [0.05, 0.1) is 5.69 Å². The van der Waals surface area contributed by atoms with Gasteiger partial charge in [-0.05, 0) is 24.9 Å².